The van der Waals surface area contributed by atoms with Crippen LogP contribution in [0.25, 0.3) is 0 Å². The fourth-order valence-electron chi connectivity index (χ4n) is 1.58. The van der Waals surface area contributed by atoms with Crippen LogP contribution in [-0.4, -0.2) is 36.5 Å². The Hall–Kier alpha value is -2.71. The first-order valence-electron chi connectivity index (χ1n) is 5.57. The normalized spacial score (nSPS) is 9.90. The van der Waals surface area contributed by atoms with Gasteiger partial charge in [-0.25, -0.2) is 0 Å². The quantitative estimate of drug-likeness (QED) is 0.441. The van der Waals surface area contributed by atoms with Gasteiger partial charge in [-0.2, -0.15) is 0 Å². The van der Waals surface area contributed by atoms with Crippen molar-refractivity contribution in [3.8, 4) is 0 Å². The van der Waals surface area contributed by atoms with E-state index in [1.54, 1.807) is 7.05 Å². The van der Waals surface area contributed by atoms with Crippen LogP contribution in [0.5, 0.6) is 0 Å². The number of carbonyl (C=O) groups is 1. The molecule has 1 aromatic rings. The zero-order valence-corrected chi connectivity index (χ0v) is 10.9. The van der Waals surface area contributed by atoms with Crippen molar-refractivity contribution in [2.24, 2.45) is 0 Å². The lowest BCUT2D eigenvalue weighted by Gasteiger charge is -2.18. The average molecular weight is 283 g/mol. The van der Waals surface area contributed by atoms with Gasteiger partial charge in [0.25, 0.3) is 11.4 Å². The second kappa shape index (κ2) is 6.45. The van der Waals surface area contributed by atoms with Crippen LogP contribution >= 0.6 is 0 Å². The van der Waals surface area contributed by atoms with Crippen LogP contribution < -0.4 is 4.90 Å². The van der Waals surface area contributed by atoms with Crippen molar-refractivity contribution in [3.63, 3.8) is 0 Å². The highest BCUT2D eigenvalue weighted by Gasteiger charge is 2.22. The highest BCUT2D eigenvalue weighted by atomic mass is 16.6. The fraction of sp³-hybridized carbons (Fsp3) is 0.364. The monoisotopic (exact) mass is 283 g/mol. The molecular formula is C11H13N3O6. The van der Waals surface area contributed by atoms with Crippen molar-refractivity contribution in [3.05, 3.63) is 38.4 Å². The van der Waals surface area contributed by atoms with Crippen LogP contribution in [-0.2, 0) is 9.53 Å². The number of nitro groups is 2. The standard InChI is InChI=1S/C11H13N3O6/c1-12(6-5-11(15)20-2)9-4-3-8(13(16)17)7-10(9)14(18)19/h3-4,7H,5-6H2,1-2H3. The molecule has 0 spiro atoms. The van der Waals surface area contributed by atoms with Crippen molar-refractivity contribution in [1.82, 2.24) is 0 Å². The smallest absolute Gasteiger partial charge is 0.307 e. The van der Waals surface area contributed by atoms with Crippen molar-refractivity contribution < 1.29 is 19.4 Å². The first-order chi connectivity index (χ1) is 9.36. The minimum atomic E-state index is -0.703. The second-order valence-corrected chi connectivity index (χ2v) is 3.93. The second-order valence-electron chi connectivity index (χ2n) is 3.93. The Labute approximate surface area is 114 Å². The number of ether oxygens (including phenoxy) is 1. The lowest BCUT2D eigenvalue weighted by molar-refractivity contribution is -0.393. The van der Waals surface area contributed by atoms with Gasteiger partial charge in [0.15, 0.2) is 0 Å². The van der Waals surface area contributed by atoms with E-state index in [9.17, 15) is 25.0 Å². The third kappa shape index (κ3) is 3.64. The van der Waals surface area contributed by atoms with Crippen molar-refractivity contribution in [2.75, 3.05) is 25.6 Å². The number of nitrogens with zero attached hydrogens (tertiary/aromatic N) is 3. The number of benzene rings is 1. The summed E-state index contributed by atoms with van der Waals surface area (Å²) in [6.07, 6.45) is 0.0567. The Morgan fingerprint density at radius 1 is 1.30 bits per heavy atom. The molecule has 1 rings (SSSR count). The lowest BCUT2D eigenvalue weighted by atomic mass is 10.2. The van der Waals surface area contributed by atoms with Gasteiger partial charge in [0.2, 0.25) is 0 Å². The molecule has 0 saturated heterocycles. The highest BCUT2D eigenvalue weighted by Crippen LogP contribution is 2.31. The molecule has 0 aliphatic heterocycles. The maximum Gasteiger partial charge on any atom is 0.307 e. The number of esters is 1. The molecule has 0 aliphatic carbocycles. The van der Waals surface area contributed by atoms with Crippen LogP contribution in [0.4, 0.5) is 17.1 Å². The molecule has 0 unspecified atom stereocenters. The van der Waals surface area contributed by atoms with E-state index in [0.29, 0.717) is 0 Å². The molecule has 9 nitrogen and oxygen atoms in total. The van der Waals surface area contributed by atoms with Crippen LogP contribution in [0.15, 0.2) is 18.2 Å². The van der Waals surface area contributed by atoms with Crippen LogP contribution in [0.3, 0.4) is 0 Å². The maximum atomic E-state index is 11.0. The molecule has 9 heteroatoms. The first-order valence-corrected chi connectivity index (χ1v) is 5.57. The van der Waals surface area contributed by atoms with Crippen LogP contribution in [0.2, 0.25) is 0 Å². The number of non-ortho nitro benzene ring substituents is 1. The first kappa shape index (κ1) is 15.3. The third-order valence-corrected chi connectivity index (χ3v) is 2.66. The Balaban J connectivity index is 3.01. The van der Waals surface area contributed by atoms with Gasteiger partial charge in [-0.1, -0.05) is 0 Å². The van der Waals surface area contributed by atoms with Gasteiger partial charge in [-0.15, -0.1) is 0 Å². The summed E-state index contributed by atoms with van der Waals surface area (Å²) in [5, 5.41) is 21.6. The summed E-state index contributed by atoms with van der Waals surface area (Å²) >= 11 is 0. The zero-order chi connectivity index (χ0) is 15.3. The molecule has 0 amide bonds. The van der Waals surface area contributed by atoms with Crippen molar-refractivity contribution >= 4 is 23.0 Å². The van der Waals surface area contributed by atoms with E-state index in [1.807, 2.05) is 0 Å². The summed E-state index contributed by atoms with van der Waals surface area (Å²) in [7, 11) is 2.80. The fourth-order valence-corrected chi connectivity index (χ4v) is 1.58. The van der Waals surface area contributed by atoms with E-state index >= 15 is 0 Å². The summed E-state index contributed by atoms with van der Waals surface area (Å²) in [5.41, 5.74) is -0.544. The van der Waals surface area contributed by atoms with Gasteiger partial charge in [-0.3, -0.25) is 25.0 Å². The van der Waals surface area contributed by atoms with E-state index in [-0.39, 0.29) is 30.0 Å². The van der Waals surface area contributed by atoms with E-state index in [4.69, 9.17) is 0 Å². The third-order valence-electron chi connectivity index (χ3n) is 2.66. The largest absolute Gasteiger partial charge is 0.469 e. The Kier molecular flexibility index (Phi) is 4.95. The number of hydrogen-bond donors (Lipinski definition) is 0. The molecule has 0 aliphatic rings. The molecule has 0 heterocycles. The molecular weight excluding hydrogens is 270 g/mol. The van der Waals surface area contributed by atoms with Gasteiger partial charge < -0.3 is 9.64 Å². The highest BCUT2D eigenvalue weighted by molar-refractivity contribution is 5.71. The minimum Gasteiger partial charge on any atom is -0.469 e. The lowest BCUT2D eigenvalue weighted by Crippen LogP contribution is -2.22. The summed E-state index contributed by atoms with van der Waals surface area (Å²) in [6.45, 7) is 0.200. The van der Waals surface area contributed by atoms with Crippen molar-refractivity contribution in [2.45, 2.75) is 6.42 Å². The van der Waals surface area contributed by atoms with E-state index in [0.717, 1.165) is 6.07 Å². The summed E-state index contributed by atoms with van der Waals surface area (Å²) in [5.74, 6) is -0.443. The number of hydrogen-bond acceptors (Lipinski definition) is 7. The molecule has 0 bridgehead atoms. The molecule has 0 fully saturated rings. The van der Waals surface area contributed by atoms with E-state index in [2.05, 4.69) is 4.74 Å². The maximum absolute atomic E-state index is 11.0. The van der Waals surface area contributed by atoms with Gasteiger partial charge in [0.05, 0.1) is 29.4 Å². The van der Waals surface area contributed by atoms with E-state index in [1.165, 1.54) is 24.1 Å². The van der Waals surface area contributed by atoms with Crippen molar-refractivity contribution in [1.29, 1.82) is 0 Å². The predicted molar refractivity (Wildman–Crippen MR) is 69.7 cm³/mol. The van der Waals surface area contributed by atoms with Gasteiger partial charge in [0.1, 0.15) is 5.69 Å². The topological polar surface area (TPSA) is 116 Å². The summed E-state index contributed by atoms with van der Waals surface area (Å²) in [4.78, 5) is 32.7. The Morgan fingerprint density at radius 3 is 2.45 bits per heavy atom. The predicted octanol–water partition coefficient (Wildman–Crippen LogP) is 1.50. The number of anilines is 1. The molecule has 1 aromatic carbocycles. The number of carbonyl (C=O) groups excluding carboxylic acids is 1. The minimum absolute atomic E-state index is 0.0567. The molecule has 0 saturated carbocycles. The molecule has 0 aromatic heterocycles. The molecule has 0 atom stereocenters. The Bertz CT molecular complexity index is 545. The SMILES string of the molecule is COC(=O)CCN(C)c1ccc([N+](=O)[O-])cc1[N+](=O)[O-]. The van der Waals surface area contributed by atoms with Gasteiger partial charge in [0, 0.05) is 19.7 Å². The number of methoxy groups -OCH3 is 1. The number of nitro benzene ring substituents is 2. The average Bonchev–Trinajstić information content (AvgIpc) is 2.43. The number of rotatable bonds is 6. The van der Waals surface area contributed by atoms with Gasteiger partial charge >= 0.3 is 5.97 Å². The van der Waals surface area contributed by atoms with Crippen LogP contribution in [0.1, 0.15) is 6.42 Å². The van der Waals surface area contributed by atoms with E-state index < -0.39 is 15.8 Å². The zero-order valence-electron chi connectivity index (χ0n) is 10.9. The molecule has 0 N–H and O–H groups in total. The Morgan fingerprint density at radius 2 is 1.95 bits per heavy atom. The van der Waals surface area contributed by atoms with Crippen LogP contribution in [0, 0.1) is 20.2 Å². The summed E-state index contributed by atoms with van der Waals surface area (Å²) < 4.78 is 4.48. The summed E-state index contributed by atoms with van der Waals surface area (Å²) in [6, 6.07) is 3.36. The van der Waals surface area contributed by atoms with Gasteiger partial charge in [-0.05, 0) is 6.07 Å². The molecule has 20 heavy (non-hydrogen) atoms. The molecule has 0 radical (unpaired) electrons. The molecule has 108 valence electrons.